The van der Waals surface area contributed by atoms with E-state index in [1.807, 2.05) is 0 Å². The lowest BCUT2D eigenvalue weighted by molar-refractivity contribution is -0.143. The van der Waals surface area contributed by atoms with Crippen molar-refractivity contribution in [2.24, 2.45) is 5.92 Å². The minimum atomic E-state index is -1.15. The van der Waals surface area contributed by atoms with Crippen LogP contribution in [0, 0.1) is 5.92 Å². The van der Waals surface area contributed by atoms with Crippen LogP contribution in [0.1, 0.15) is 13.8 Å². The zero-order chi connectivity index (χ0) is 14.7. The molecular weight excluding hydrogens is 254 g/mol. The highest BCUT2D eigenvalue weighted by Gasteiger charge is 2.35. The van der Waals surface area contributed by atoms with Crippen molar-refractivity contribution in [1.82, 2.24) is 15.1 Å². The maximum absolute atomic E-state index is 11.7. The Balaban J connectivity index is 2.63. The lowest BCUT2D eigenvalue weighted by atomic mass is 10.0. The molecule has 0 radical (unpaired) electrons. The highest BCUT2D eigenvalue weighted by molar-refractivity contribution is 6.04. The van der Waals surface area contributed by atoms with Crippen LogP contribution < -0.4 is 5.32 Å². The predicted molar refractivity (Wildman–Crippen MR) is 64.1 cm³/mol. The van der Waals surface area contributed by atoms with Crippen molar-refractivity contribution in [3.8, 4) is 0 Å². The number of amides is 4. The summed E-state index contributed by atoms with van der Waals surface area (Å²) in [7, 11) is 1.45. The summed E-state index contributed by atoms with van der Waals surface area (Å²) in [4.78, 5) is 47.6. The molecule has 1 saturated heterocycles. The van der Waals surface area contributed by atoms with Gasteiger partial charge in [0, 0.05) is 7.05 Å². The third kappa shape index (κ3) is 3.43. The van der Waals surface area contributed by atoms with Gasteiger partial charge in [-0.2, -0.15) is 0 Å². The standard InChI is InChI=1S/C11H17N3O5/c1-6(2)9(10(17)18)12-7(15)4-14-8(16)5-13(3)11(14)19/h6,9H,4-5H2,1-3H3,(H,12,15)(H,17,18)/t9-/m0/s1. The van der Waals surface area contributed by atoms with Crippen molar-refractivity contribution in [3.05, 3.63) is 0 Å². The molecule has 19 heavy (non-hydrogen) atoms. The molecule has 1 heterocycles. The zero-order valence-corrected chi connectivity index (χ0v) is 11.0. The summed E-state index contributed by atoms with van der Waals surface area (Å²) in [5.74, 6) is -2.59. The average Bonchev–Trinajstić information content (AvgIpc) is 2.52. The van der Waals surface area contributed by atoms with Gasteiger partial charge in [-0.3, -0.25) is 14.5 Å². The van der Waals surface area contributed by atoms with E-state index < -0.39 is 36.4 Å². The molecule has 1 aliphatic heterocycles. The molecule has 0 aromatic rings. The normalized spacial score (nSPS) is 17.1. The molecule has 0 aromatic carbocycles. The van der Waals surface area contributed by atoms with Crippen LogP contribution in [-0.2, 0) is 14.4 Å². The minimum Gasteiger partial charge on any atom is -0.480 e. The van der Waals surface area contributed by atoms with Gasteiger partial charge in [0.1, 0.15) is 19.1 Å². The van der Waals surface area contributed by atoms with Crippen LogP contribution >= 0.6 is 0 Å². The van der Waals surface area contributed by atoms with E-state index in [0.29, 0.717) is 0 Å². The number of imide groups is 1. The van der Waals surface area contributed by atoms with Crippen molar-refractivity contribution in [3.63, 3.8) is 0 Å². The molecule has 0 aliphatic carbocycles. The SMILES string of the molecule is CC(C)[C@H](NC(=O)CN1C(=O)CN(C)C1=O)C(=O)O. The highest BCUT2D eigenvalue weighted by Crippen LogP contribution is 2.08. The summed E-state index contributed by atoms with van der Waals surface area (Å²) in [6.45, 7) is 2.77. The summed E-state index contributed by atoms with van der Waals surface area (Å²) in [5.41, 5.74) is 0. The number of hydrogen-bond donors (Lipinski definition) is 2. The van der Waals surface area contributed by atoms with E-state index in [-0.39, 0.29) is 12.5 Å². The van der Waals surface area contributed by atoms with Gasteiger partial charge in [-0.15, -0.1) is 0 Å². The number of carbonyl (C=O) groups excluding carboxylic acids is 3. The van der Waals surface area contributed by atoms with Crippen molar-refractivity contribution < 1.29 is 24.3 Å². The molecule has 0 saturated carbocycles. The molecule has 0 aromatic heterocycles. The van der Waals surface area contributed by atoms with Crippen LogP contribution in [0.5, 0.6) is 0 Å². The largest absolute Gasteiger partial charge is 0.480 e. The molecule has 8 heteroatoms. The molecule has 0 spiro atoms. The van der Waals surface area contributed by atoms with Crippen LogP contribution in [0.2, 0.25) is 0 Å². The monoisotopic (exact) mass is 271 g/mol. The summed E-state index contributed by atoms with van der Waals surface area (Å²) in [5, 5.41) is 11.2. The Labute approximate surface area is 110 Å². The average molecular weight is 271 g/mol. The maximum Gasteiger partial charge on any atom is 0.327 e. The van der Waals surface area contributed by atoms with E-state index in [1.165, 1.54) is 11.9 Å². The molecule has 1 aliphatic rings. The van der Waals surface area contributed by atoms with Crippen LogP contribution in [0.3, 0.4) is 0 Å². The smallest absolute Gasteiger partial charge is 0.327 e. The third-order valence-electron chi connectivity index (χ3n) is 2.78. The summed E-state index contributed by atoms with van der Waals surface area (Å²) < 4.78 is 0. The van der Waals surface area contributed by atoms with Crippen molar-refractivity contribution in [1.29, 1.82) is 0 Å². The van der Waals surface area contributed by atoms with Crippen molar-refractivity contribution in [2.75, 3.05) is 20.1 Å². The van der Waals surface area contributed by atoms with Crippen LogP contribution in [-0.4, -0.2) is 64.9 Å². The second-order valence-electron chi connectivity index (χ2n) is 4.75. The van der Waals surface area contributed by atoms with Crippen LogP contribution in [0.15, 0.2) is 0 Å². The van der Waals surface area contributed by atoms with Gasteiger partial charge in [0.05, 0.1) is 0 Å². The molecule has 2 N–H and O–H groups in total. The topological polar surface area (TPSA) is 107 Å². The first-order valence-electron chi connectivity index (χ1n) is 5.81. The van der Waals surface area contributed by atoms with Crippen molar-refractivity contribution >= 4 is 23.8 Å². The van der Waals surface area contributed by atoms with E-state index >= 15 is 0 Å². The number of carbonyl (C=O) groups is 4. The summed E-state index contributed by atoms with van der Waals surface area (Å²) in [6.07, 6.45) is 0. The molecule has 4 amide bonds. The second-order valence-corrected chi connectivity index (χ2v) is 4.75. The Morgan fingerprint density at radius 3 is 2.32 bits per heavy atom. The molecule has 1 fully saturated rings. The van der Waals surface area contributed by atoms with Gasteiger partial charge in [-0.25, -0.2) is 9.59 Å². The number of rotatable bonds is 5. The molecule has 0 unspecified atom stereocenters. The van der Waals surface area contributed by atoms with Gasteiger partial charge in [-0.05, 0) is 5.92 Å². The third-order valence-corrected chi connectivity index (χ3v) is 2.78. The first kappa shape index (κ1) is 14.9. The molecule has 8 nitrogen and oxygen atoms in total. The number of nitrogens with one attached hydrogen (secondary N) is 1. The fourth-order valence-corrected chi connectivity index (χ4v) is 1.70. The first-order chi connectivity index (χ1) is 8.73. The van der Waals surface area contributed by atoms with Crippen molar-refractivity contribution in [2.45, 2.75) is 19.9 Å². The Morgan fingerprint density at radius 2 is 1.95 bits per heavy atom. The van der Waals surface area contributed by atoms with E-state index in [1.54, 1.807) is 13.8 Å². The van der Waals surface area contributed by atoms with E-state index in [9.17, 15) is 19.2 Å². The fraction of sp³-hybridized carbons (Fsp3) is 0.636. The van der Waals surface area contributed by atoms with Gasteiger partial charge in [0.2, 0.25) is 5.91 Å². The predicted octanol–water partition coefficient (Wildman–Crippen LogP) is -0.894. The first-order valence-corrected chi connectivity index (χ1v) is 5.81. The quantitative estimate of drug-likeness (QED) is 0.630. The lowest BCUT2D eigenvalue weighted by Gasteiger charge is -2.20. The van der Waals surface area contributed by atoms with Gasteiger partial charge >= 0.3 is 12.0 Å². The molecule has 1 rings (SSSR count). The number of urea groups is 1. The number of carboxylic acid groups (broad SMARTS) is 1. The molecule has 0 bridgehead atoms. The van der Waals surface area contributed by atoms with E-state index in [4.69, 9.17) is 5.11 Å². The van der Waals surface area contributed by atoms with Gasteiger partial charge in [0.15, 0.2) is 0 Å². The number of likely N-dealkylation sites (N-methyl/N-ethyl adjacent to an activating group) is 1. The Kier molecular flexibility index (Phi) is 4.47. The summed E-state index contributed by atoms with van der Waals surface area (Å²) in [6, 6.07) is -1.60. The second kappa shape index (κ2) is 5.68. The van der Waals surface area contributed by atoms with Crippen LogP contribution in [0.25, 0.3) is 0 Å². The number of hydrogen-bond acceptors (Lipinski definition) is 4. The number of carboxylic acids is 1. The van der Waals surface area contributed by atoms with Gasteiger partial charge in [-0.1, -0.05) is 13.8 Å². The fourth-order valence-electron chi connectivity index (χ4n) is 1.70. The maximum atomic E-state index is 11.7. The van der Waals surface area contributed by atoms with Gasteiger partial charge < -0.3 is 15.3 Å². The van der Waals surface area contributed by atoms with Crippen LogP contribution in [0.4, 0.5) is 4.79 Å². The minimum absolute atomic E-state index is 0.0708. The Morgan fingerprint density at radius 1 is 1.37 bits per heavy atom. The highest BCUT2D eigenvalue weighted by atomic mass is 16.4. The Hall–Kier alpha value is -2.12. The van der Waals surface area contributed by atoms with E-state index in [2.05, 4.69) is 5.32 Å². The molecular formula is C11H17N3O5. The molecule has 106 valence electrons. The number of nitrogens with zero attached hydrogens (tertiary/aromatic N) is 2. The van der Waals surface area contributed by atoms with E-state index in [0.717, 1.165) is 4.90 Å². The molecule has 1 atom stereocenters. The summed E-state index contributed by atoms with van der Waals surface area (Å²) >= 11 is 0. The Bertz CT molecular complexity index is 421. The number of aliphatic carboxylic acids is 1. The van der Waals surface area contributed by atoms with Gasteiger partial charge in [0.25, 0.3) is 5.91 Å². The lowest BCUT2D eigenvalue weighted by Crippen LogP contribution is -2.49. The zero-order valence-electron chi connectivity index (χ0n) is 11.0.